The van der Waals surface area contributed by atoms with E-state index >= 15 is 0 Å². The highest BCUT2D eigenvalue weighted by Crippen LogP contribution is 2.27. The van der Waals surface area contributed by atoms with E-state index in [-0.39, 0.29) is 11.5 Å². The van der Waals surface area contributed by atoms with Crippen molar-refractivity contribution in [1.29, 1.82) is 0 Å². The lowest BCUT2D eigenvalue weighted by Crippen LogP contribution is -2.27. The smallest absolute Gasteiger partial charge is 0.311 e. The third-order valence-electron chi connectivity index (χ3n) is 2.93. The summed E-state index contributed by atoms with van der Waals surface area (Å²) in [6.07, 6.45) is 2.25. The number of hydrogen-bond acceptors (Lipinski definition) is 5. The van der Waals surface area contributed by atoms with Crippen molar-refractivity contribution in [3.8, 4) is 0 Å². The maximum Gasteiger partial charge on any atom is 0.311 e. The van der Waals surface area contributed by atoms with Crippen LogP contribution < -0.4 is 10.6 Å². The zero-order chi connectivity index (χ0) is 11.7. The molecule has 1 fully saturated rings. The van der Waals surface area contributed by atoms with Crippen LogP contribution >= 0.6 is 0 Å². The standard InChI is InChI=1S/C10H14N4O2/c1-7-3-2-6-13(7)9-5-4-8(14(15)16)10(11)12-9/h4-5,7H,2-3,6H2,1H3,(H2,11,12). The fraction of sp³-hybridized carbons (Fsp3) is 0.500. The first kappa shape index (κ1) is 10.7. The van der Waals surface area contributed by atoms with Gasteiger partial charge in [-0.2, -0.15) is 0 Å². The van der Waals surface area contributed by atoms with E-state index in [2.05, 4.69) is 16.8 Å². The van der Waals surface area contributed by atoms with Gasteiger partial charge in [-0.15, -0.1) is 0 Å². The predicted octanol–water partition coefficient (Wildman–Crippen LogP) is 1.56. The van der Waals surface area contributed by atoms with E-state index in [1.54, 1.807) is 6.07 Å². The van der Waals surface area contributed by atoms with E-state index < -0.39 is 4.92 Å². The molecule has 86 valence electrons. The zero-order valence-electron chi connectivity index (χ0n) is 9.09. The van der Waals surface area contributed by atoms with Crippen molar-refractivity contribution < 1.29 is 4.92 Å². The molecule has 6 heteroatoms. The van der Waals surface area contributed by atoms with E-state index in [0.29, 0.717) is 6.04 Å². The minimum absolute atomic E-state index is 0.0124. The molecule has 1 saturated heterocycles. The second kappa shape index (κ2) is 3.96. The van der Waals surface area contributed by atoms with E-state index in [9.17, 15) is 10.1 Å². The van der Waals surface area contributed by atoms with Crippen LogP contribution in [0.1, 0.15) is 19.8 Å². The van der Waals surface area contributed by atoms with Crippen molar-refractivity contribution >= 4 is 17.3 Å². The Morgan fingerprint density at radius 2 is 2.38 bits per heavy atom. The molecule has 2 rings (SSSR count). The molecule has 2 heterocycles. The SMILES string of the molecule is CC1CCCN1c1ccc([N+](=O)[O-])c(N)n1. The summed E-state index contributed by atoms with van der Waals surface area (Å²) in [7, 11) is 0. The summed E-state index contributed by atoms with van der Waals surface area (Å²) in [6, 6.07) is 3.51. The van der Waals surface area contributed by atoms with Gasteiger partial charge in [-0.05, 0) is 25.8 Å². The van der Waals surface area contributed by atoms with Gasteiger partial charge < -0.3 is 10.6 Å². The fourth-order valence-corrected chi connectivity index (χ4v) is 2.04. The lowest BCUT2D eigenvalue weighted by Gasteiger charge is -2.22. The summed E-state index contributed by atoms with van der Waals surface area (Å²) in [5, 5.41) is 10.6. The summed E-state index contributed by atoms with van der Waals surface area (Å²) in [5.74, 6) is 0.717. The molecule has 6 nitrogen and oxygen atoms in total. The fourth-order valence-electron chi connectivity index (χ4n) is 2.04. The molecule has 0 bridgehead atoms. The Morgan fingerprint density at radius 1 is 1.62 bits per heavy atom. The Morgan fingerprint density at radius 3 is 2.88 bits per heavy atom. The van der Waals surface area contributed by atoms with Gasteiger partial charge in [-0.25, -0.2) is 4.98 Å². The van der Waals surface area contributed by atoms with Crippen molar-refractivity contribution in [3.63, 3.8) is 0 Å². The Balaban J connectivity index is 2.30. The van der Waals surface area contributed by atoms with Gasteiger partial charge in [-0.3, -0.25) is 10.1 Å². The highest BCUT2D eigenvalue weighted by Gasteiger charge is 2.23. The Hall–Kier alpha value is -1.85. The Kier molecular flexibility index (Phi) is 2.64. The molecule has 1 aliphatic heterocycles. The van der Waals surface area contributed by atoms with Crippen LogP contribution in [0.3, 0.4) is 0 Å². The van der Waals surface area contributed by atoms with Crippen LogP contribution in [-0.2, 0) is 0 Å². The van der Waals surface area contributed by atoms with Crippen LogP contribution in [0.15, 0.2) is 12.1 Å². The van der Waals surface area contributed by atoms with E-state index in [0.717, 1.165) is 25.2 Å². The monoisotopic (exact) mass is 222 g/mol. The molecule has 0 aliphatic carbocycles. The number of rotatable bonds is 2. The van der Waals surface area contributed by atoms with Crippen molar-refractivity contribution in [2.75, 3.05) is 17.2 Å². The van der Waals surface area contributed by atoms with Gasteiger partial charge in [0, 0.05) is 18.7 Å². The van der Waals surface area contributed by atoms with Gasteiger partial charge in [0.15, 0.2) is 0 Å². The second-order valence-electron chi connectivity index (χ2n) is 4.02. The third-order valence-corrected chi connectivity index (χ3v) is 2.93. The van der Waals surface area contributed by atoms with Crippen LogP contribution in [0, 0.1) is 10.1 Å². The van der Waals surface area contributed by atoms with Crippen LogP contribution in [0.2, 0.25) is 0 Å². The molecule has 1 unspecified atom stereocenters. The summed E-state index contributed by atoms with van der Waals surface area (Å²) in [4.78, 5) is 16.3. The lowest BCUT2D eigenvalue weighted by atomic mass is 10.2. The molecule has 0 radical (unpaired) electrons. The topological polar surface area (TPSA) is 85.3 Å². The summed E-state index contributed by atoms with van der Waals surface area (Å²) in [5.41, 5.74) is 5.43. The summed E-state index contributed by atoms with van der Waals surface area (Å²) in [6.45, 7) is 3.05. The molecule has 0 spiro atoms. The molecule has 0 amide bonds. The minimum Gasteiger partial charge on any atom is -0.378 e. The van der Waals surface area contributed by atoms with Gasteiger partial charge in [0.1, 0.15) is 5.82 Å². The number of pyridine rings is 1. The third kappa shape index (κ3) is 1.78. The number of nitrogens with zero attached hydrogens (tertiary/aromatic N) is 3. The molecule has 1 aliphatic rings. The van der Waals surface area contributed by atoms with E-state index in [1.165, 1.54) is 6.07 Å². The number of nitrogens with two attached hydrogens (primary N) is 1. The molecule has 1 aromatic rings. The maximum atomic E-state index is 10.6. The molecule has 16 heavy (non-hydrogen) atoms. The lowest BCUT2D eigenvalue weighted by molar-refractivity contribution is -0.384. The zero-order valence-corrected chi connectivity index (χ0v) is 9.09. The quantitative estimate of drug-likeness (QED) is 0.606. The van der Waals surface area contributed by atoms with Crippen LogP contribution in [0.4, 0.5) is 17.3 Å². The summed E-state index contributed by atoms with van der Waals surface area (Å²) >= 11 is 0. The highest BCUT2D eigenvalue weighted by molar-refractivity contribution is 5.58. The van der Waals surface area contributed by atoms with Gasteiger partial charge in [0.25, 0.3) is 0 Å². The van der Waals surface area contributed by atoms with Crippen molar-refractivity contribution in [3.05, 3.63) is 22.2 Å². The number of nitro groups is 1. The second-order valence-corrected chi connectivity index (χ2v) is 4.02. The molecule has 0 aromatic carbocycles. The van der Waals surface area contributed by atoms with Gasteiger partial charge in [0.05, 0.1) is 4.92 Å². The Bertz CT molecular complexity index is 421. The van der Waals surface area contributed by atoms with E-state index in [1.807, 2.05) is 0 Å². The number of hydrogen-bond donors (Lipinski definition) is 1. The van der Waals surface area contributed by atoms with E-state index in [4.69, 9.17) is 5.73 Å². The molecule has 1 atom stereocenters. The normalized spacial score (nSPS) is 20.1. The number of aromatic nitrogens is 1. The summed E-state index contributed by atoms with van der Waals surface area (Å²) < 4.78 is 0. The average molecular weight is 222 g/mol. The number of nitrogen functional groups attached to an aromatic ring is 1. The Labute approximate surface area is 93.2 Å². The van der Waals surface area contributed by atoms with Gasteiger partial charge in [0.2, 0.25) is 5.82 Å². The largest absolute Gasteiger partial charge is 0.378 e. The molecule has 2 N–H and O–H groups in total. The van der Waals surface area contributed by atoms with Gasteiger partial charge >= 0.3 is 5.69 Å². The molecule has 1 aromatic heterocycles. The van der Waals surface area contributed by atoms with Crippen molar-refractivity contribution in [1.82, 2.24) is 4.98 Å². The molecule has 0 saturated carbocycles. The maximum absolute atomic E-state index is 10.6. The van der Waals surface area contributed by atoms with Gasteiger partial charge in [-0.1, -0.05) is 0 Å². The predicted molar refractivity (Wildman–Crippen MR) is 61.3 cm³/mol. The highest BCUT2D eigenvalue weighted by atomic mass is 16.6. The average Bonchev–Trinajstić information content (AvgIpc) is 2.63. The first-order valence-corrected chi connectivity index (χ1v) is 5.27. The van der Waals surface area contributed by atoms with Crippen molar-refractivity contribution in [2.24, 2.45) is 0 Å². The molecular formula is C10H14N4O2. The minimum atomic E-state index is -0.514. The van der Waals surface area contributed by atoms with Crippen LogP contribution in [0.5, 0.6) is 0 Å². The molecular weight excluding hydrogens is 208 g/mol. The van der Waals surface area contributed by atoms with Crippen LogP contribution in [-0.4, -0.2) is 22.5 Å². The van der Waals surface area contributed by atoms with Crippen LogP contribution in [0.25, 0.3) is 0 Å². The van der Waals surface area contributed by atoms with Crippen molar-refractivity contribution in [2.45, 2.75) is 25.8 Å². The first-order valence-electron chi connectivity index (χ1n) is 5.27. The first-order chi connectivity index (χ1) is 7.59. The number of anilines is 2.